The average molecular weight is 234 g/mol. The second-order valence-corrected chi connectivity index (χ2v) is 6.01. The minimum Gasteiger partial charge on any atom is -0.490 e. The van der Waals surface area contributed by atoms with Gasteiger partial charge in [0.05, 0.1) is 6.10 Å². The first-order chi connectivity index (χ1) is 7.97. The van der Waals surface area contributed by atoms with Crippen LogP contribution in [0.5, 0.6) is 5.75 Å². The predicted octanol–water partition coefficient (Wildman–Crippen LogP) is 3.18. The smallest absolute Gasteiger partial charge is 0.123 e. The number of para-hydroxylation sites is 1. The van der Waals surface area contributed by atoms with Crippen molar-refractivity contribution in [1.29, 1.82) is 0 Å². The fourth-order valence-electron chi connectivity index (χ4n) is 2.19. The summed E-state index contributed by atoms with van der Waals surface area (Å²) in [6.07, 6.45) is 2.70. The lowest BCUT2D eigenvalue weighted by Gasteiger charge is -2.26. The molecule has 2 rings (SSSR count). The van der Waals surface area contributed by atoms with Gasteiger partial charge in [0.25, 0.3) is 0 Å². The van der Waals surface area contributed by atoms with Gasteiger partial charge in [-0.15, -0.1) is 0 Å². The van der Waals surface area contributed by atoms with Gasteiger partial charge in [-0.2, -0.15) is 0 Å². The first-order valence-electron chi connectivity index (χ1n) is 6.39. The molecule has 0 aliphatic carbocycles. The number of aliphatic hydroxyl groups excluding tert-OH is 1. The quantitative estimate of drug-likeness (QED) is 0.870. The second-order valence-electron chi connectivity index (χ2n) is 6.01. The third-order valence-electron chi connectivity index (χ3n) is 3.48. The Balaban J connectivity index is 1.85. The van der Waals surface area contributed by atoms with Gasteiger partial charge in [-0.25, -0.2) is 0 Å². The molecular formula is C15H22O2. The molecule has 1 aromatic rings. The van der Waals surface area contributed by atoms with Crippen LogP contribution in [0.2, 0.25) is 0 Å². The zero-order valence-corrected chi connectivity index (χ0v) is 10.9. The summed E-state index contributed by atoms with van der Waals surface area (Å²) < 4.78 is 5.86. The van der Waals surface area contributed by atoms with Crippen molar-refractivity contribution in [3.63, 3.8) is 0 Å². The van der Waals surface area contributed by atoms with Gasteiger partial charge in [0.1, 0.15) is 11.9 Å². The Hall–Kier alpha value is -1.02. The Labute approximate surface area is 104 Å². The number of ether oxygens (including phenoxy) is 1. The Kier molecular flexibility index (Phi) is 3.43. The molecule has 0 radical (unpaired) electrons. The van der Waals surface area contributed by atoms with E-state index in [-0.39, 0.29) is 17.6 Å². The maximum absolute atomic E-state index is 10.0. The molecule has 17 heavy (non-hydrogen) atoms. The molecule has 1 aliphatic rings. The maximum atomic E-state index is 10.0. The van der Waals surface area contributed by atoms with E-state index >= 15 is 0 Å². The summed E-state index contributed by atoms with van der Waals surface area (Å²) in [5, 5.41) is 10.0. The molecule has 2 heteroatoms. The topological polar surface area (TPSA) is 29.5 Å². The average Bonchev–Trinajstić information content (AvgIpc) is 2.66. The van der Waals surface area contributed by atoms with Crippen LogP contribution >= 0.6 is 0 Å². The van der Waals surface area contributed by atoms with Crippen LogP contribution in [0.25, 0.3) is 0 Å². The van der Waals surface area contributed by atoms with E-state index in [9.17, 15) is 5.11 Å². The van der Waals surface area contributed by atoms with Crippen LogP contribution in [0.15, 0.2) is 24.3 Å². The van der Waals surface area contributed by atoms with Crippen molar-refractivity contribution >= 4 is 0 Å². The Morgan fingerprint density at radius 2 is 2.06 bits per heavy atom. The first kappa shape index (κ1) is 12.4. The molecule has 0 bridgehead atoms. The van der Waals surface area contributed by atoms with E-state index in [0.29, 0.717) is 0 Å². The molecule has 94 valence electrons. The summed E-state index contributed by atoms with van der Waals surface area (Å²) in [4.78, 5) is 0. The molecule has 0 amide bonds. The molecule has 0 aromatic heterocycles. The molecule has 1 N–H and O–H groups in total. The molecule has 1 aliphatic heterocycles. The van der Waals surface area contributed by atoms with Crippen molar-refractivity contribution in [3.05, 3.63) is 29.8 Å². The highest BCUT2D eigenvalue weighted by atomic mass is 16.5. The van der Waals surface area contributed by atoms with Gasteiger partial charge in [0, 0.05) is 6.42 Å². The maximum Gasteiger partial charge on any atom is 0.123 e. The molecule has 1 heterocycles. The van der Waals surface area contributed by atoms with Crippen LogP contribution in [0.1, 0.15) is 39.2 Å². The van der Waals surface area contributed by atoms with Gasteiger partial charge in [-0.1, -0.05) is 39.0 Å². The lowest BCUT2D eigenvalue weighted by molar-refractivity contribution is 0.0445. The minimum atomic E-state index is -0.255. The molecule has 0 fully saturated rings. The lowest BCUT2D eigenvalue weighted by Crippen LogP contribution is -2.28. The van der Waals surface area contributed by atoms with Gasteiger partial charge in [0.15, 0.2) is 0 Å². The molecular weight excluding hydrogens is 212 g/mol. The Bertz CT molecular complexity index is 354. The largest absolute Gasteiger partial charge is 0.490 e. The first-order valence-corrected chi connectivity index (χ1v) is 6.39. The van der Waals surface area contributed by atoms with Gasteiger partial charge in [-0.05, 0) is 29.9 Å². The summed E-state index contributed by atoms with van der Waals surface area (Å²) in [6.45, 7) is 6.21. The fraction of sp³-hybridized carbons (Fsp3) is 0.600. The predicted molar refractivity (Wildman–Crippen MR) is 69.3 cm³/mol. The molecule has 2 atom stereocenters. The highest BCUT2D eigenvalue weighted by Crippen LogP contribution is 2.31. The Morgan fingerprint density at radius 1 is 1.35 bits per heavy atom. The normalized spacial score (nSPS) is 20.8. The fourth-order valence-corrected chi connectivity index (χ4v) is 2.19. The highest BCUT2D eigenvalue weighted by Gasteiger charge is 2.26. The van der Waals surface area contributed by atoms with E-state index in [1.807, 2.05) is 12.1 Å². The molecule has 0 saturated carbocycles. The number of hydrogen-bond donors (Lipinski definition) is 1. The molecule has 0 saturated heterocycles. The summed E-state index contributed by atoms with van der Waals surface area (Å²) in [5.74, 6) is 1.02. The van der Waals surface area contributed by atoms with E-state index in [1.165, 1.54) is 5.56 Å². The minimum absolute atomic E-state index is 0.0363. The molecule has 1 aromatic carbocycles. The standard InChI is InChI=1S/C15H22O2/c1-15(2,3)14(16)9-8-12-10-11-6-4-5-7-13(11)17-12/h4-7,12,14,16H,8-10H2,1-3H3. The number of aliphatic hydroxyl groups is 1. The van der Waals surface area contributed by atoms with Gasteiger partial charge in [0.2, 0.25) is 0 Å². The molecule has 0 spiro atoms. The van der Waals surface area contributed by atoms with Crippen molar-refractivity contribution in [2.45, 2.75) is 52.2 Å². The van der Waals surface area contributed by atoms with Crippen molar-refractivity contribution in [3.8, 4) is 5.75 Å². The number of fused-ring (bicyclic) bond motifs is 1. The van der Waals surface area contributed by atoms with Crippen molar-refractivity contribution in [1.82, 2.24) is 0 Å². The summed E-state index contributed by atoms with van der Waals surface area (Å²) in [7, 11) is 0. The van der Waals surface area contributed by atoms with Gasteiger partial charge < -0.3 is 9.84 Å². The third-order valence-corrected chi connectivity index (χ3v) is 3.48. The van der Waals surface area contributed by atoms with Crippen LogP contribution in [-0.4, -0.2) is 17.3 Å². The zero-order chi connectivity index (χ0) is 12.5. The molecule has 2 unspecified atom stereocenters. The van der Waals surface area contributed by atoms with E-state index in [4.69, 9.17) is 4.74 Å². The molecule has 2 nitrogen and oxygen atoms in total. The number of rotatable bonds is 3. The lowest BCUT2D eigenvalue weighted by atomic mass is 9.86. The van der Waals surface area contributed by atoms with E-state index < -0.39 is 0 Å². The SMILES string of the molecule is CC(C)(C)C(O)CCC1Cc2ccccc2O1. The van der Waals surface area contributed by atoms with Gasteiger partial charge >= 0.3 is 0 Å². The van der Waals surface area contributed by atoms with Crippen LogP contribution in [0, 0.1) is 5.41 Å². The summed E-state index contributed by atoms with van der Waals surface area (Å²) in [6, 6.07) is 8.20. The number of hydrogen-bond acceptors (Lipinski definition) is 2. The van der Waals surface area contributed by atoms with Crippen LogP contribution < -0.4 is 4.74 Å². The van der Waals surface area contributed by atoms with E-state index in [0.717, 1.165) is 25.0 Å². The second kappa shape index (κ2) is 4.69. The third kappa shape index (κ3) is 3.01. The summed E-state index contributed by atoms with van der Waals surface area (Å²) >= 11 is 0. The van der Waals surface area contributed by atoms with Crippen LogP contribution in [0.4, 0.5) is 0 Å². The van der Waals surface area contributed by atoms with Crippen molar-refractivity contribution < 1.29 is 9.84 Å². The van der Waals surface area contributed by atoms with Crippen LogP contribution in [0.3, 0.4) is 0 Å². The highest BCUT2D eigenvalue weighted by molar-refractivity contribution is 5.37. The zero-order valence-electron chi connectivity index (χ0n) is 10.9. The summed E-state index contributed by atoms with van der Waals surface area (Å²) in [5.41, 5.74) is 1.26. The van der Waals surface area contributed by atoms with Gasteiger partial charge in [-0.3, -0.25) is 0 Å². The van der Waals surface area contributed by atoms with Crippen molar-refractivity contribution in [2.24, 2.45) is 5.41 Å². The van der Waals surface area contributed by atoms with Crippen LogP contribution in [-0.2, 0) is 6.42 Å². The Morgan fingerprint density at radius 3 is 2.71 bits per heavy atom. The van der Waals surface area contributed by atoms with E-state index in [1.54, 1.807) is 0 Å². The van der Waals surface area contributed by atoms with E-state index in [2.05, 4.69) is 32.9 Å². The van der Waals surface area contributed by atoms with Crippen molar-refractivity contribution in [2.75, 3.05) is 0 Å². The number of benzene rings is 1. The monoisotopic (exact) mass is 234 g/mol.